The molecule has 2 heteroatoms. The summed E-state index contributed by atoms with van der Waals surface area (Å²) < 4.78 is 5.53. The van der Waals surface area contributed by atoms with Crippen LogP contribution in [-0.2, 0) is 4.74 Å². The van der Waals surface area contributed by atoms with Crippen LogP contribution in [0.5, 0.6) is 0 Å². The van der Waals surface area contributed by atoms with Crippen molar-refractivity contribution in [1.29, 1.82) is 0 Å². The lowest BCUT2D eigenvalue weighted by molar-refractivity contribution is 0.124. The van der Waals surface area contributed by atoms with Crippen LogP contribution in [-0.4, -0.2) is 25.8 Å². The molecule has 0 spiro atoms. The van der Waals surface area contributed by atoms with Crippen LogP contribution in [0.4, 0.5) is 0 Å². The van der Waals surface area contributed by atoms with E-state index in [0.717, 1.165) is 31.7 Å². The predicted molar refractivity (Wildman–Crippen MR) is 60.5 cm³/mol. The largest absolute Gasteiger partial charge is 0.380 e. The van der Waals surface area contributed by atoms with E-state index < -0.39 is 0 Å². The number of hydrogen-bond acceptors (Lipinski definition) is 2. The van der Waals surface area contributed by atoms with Crippen LogP contribution in [0.15, 0.2) is 0 Å². The molecule has 1 aliphatic carbocycles. The third-order valence-corrected chi connectivity index (χ3v) is 2.99. The second-order valence-corrected chi connectivity index (χ2v) is 5.49. The van der Waals surface area contributed by atoms with E-state index in [-0.39, 0.29) is 0 Å². The van der Waals surface area contributed by atoms with E-state index in [0.29, 0.717) is 5.41 Å². The summed E-state index contributed by atoms with van der Waals surface area (Å²) in [4.78, 5) is 0. The first-order chi connectivity index (χ1) is 6.52. The molecule has 1 atom stereocenters. The first-order valence-corrected chi connectivity index (χ1v) is 5.83. The molecule has 0 aromatic carbocycles. The van der Waals surface area contributed by atoms with Crippen LogP contribution in [0.1, 0.15) is 40.5 Å². The van der Waals surface area contributed by atoms with Crippen LogP contribution in [0.25, 0.3) is 0 Å². The molecule has 0 aliphatic heterocycles. The summed E-state index contributed by atoms with van der Waals surface area (Å²) in [7, 11) is 0. The summed E-state index contributed by atoms with van der Waals surface area (Å²) in [5.74, 6) is 0.755. The van der Waals surface area contributed by atoms with Gasteiger partial charge in [0.25, 0.3) is 0 Å². The van der Waals surface area contributed by atoms with E-state index in [1.807, 2.05) is 0 Å². The van der Waals surface area contributed by atoms with Crippen LogP contribution >= 0.6 is 0 Å². The van der Waals surface area contributed by atoms with Crippen LogP contribution in [0.2, 0.25) is 0 Å². The number of nitrogens with one attached hydrogen (secondary N) is 1. The van der Waals surface area contributed by atoms with E-state index in [9.17, 15) is 0 Å². The lowest BCUT2D eigenvalue weighted by Gasteiger charge is -2.08. The van der Waals surface area contributed by atoms with Crippen molar-refractivity contribution in [3.8, 4) is 0 Å². The predicted octanol–water partition coefficient (Wildman–Crippen LogP) is 2.44. The lowest BCUT2D eigenvalue weighted by Crippen LogP contribution is -2.25. The third kappa shape index (κ3) is 4.43. The normalized spacial score (nSPS) is 24.2. The highest BCUT2D eigenvalue weighted by Gasteiger charge is 2.44. The standard InChI is InChI=1S/C12H25NO/c1-10(2)5-7-14-8-6-13-11-9-12(11,3)4/h10-11,13H,5-9H2,1-4H3. The Hall–Kier alpha value is -0.0800. The minimum absolute atomic E-state index is 0.540. The van der Waals surface area contributed by atoms with Crippen molar-refractivity contribution in [1.82, 2.24) is 5.32 Å². The maximum absolute atomic E-state index is 5.53. The zero-order chi connectivity index (χ0) is 10.6. The van der Waals surface area contributed by atoms with Gasteiger partial charge in [-0.2, -0.15) is 0 Å². The first-order valence-electron chi connectivity index (χ1n) is 5.83. The molecule has 1 N–H and O–H groups in total. The Labute approximate surface area is 88.4 Å². The van der Waals surface area contributed by atoms with Gasteiger partial charge in [0.2, 0.25) is 0 Å². The molecule has 0 heterocycles. The van der Waals surface area contributed by atoms with E-state index >= 15 is 0 Å². The average Bonchev–Trinajstić information content (AvgIpc) is 2.66. The Bertz CT molecular complexity index is 166. The van der Waals surface area contributed by atoms with Gasteiger partial charge in [0.05, 0.1) is 6.61 Å². The Kier molecular flexibility index (Phi) is 4.39. The maximum Gasteiger partial charge on any atom is 0.0591 e. The van der Waals surface area contributed by atoms with Crippen LogP contribution in [0, 0.1) is 11.3 Å². The number of ether oxygens (including phenoxy) is 1. The molecular formula is C12H25NO. The minimum Gasteiger partial charge on any atom is -0.380 e. The molecule has 2 nitrogen and oxygen atoms in total. The van der Waals surface area contributed by atoms with Crippen molar-refractivity contribution >= 4 is 0 Å². The summed E-state index contributed by atoms with van der Waals surface area (Å²) >= 11 is 0. The Morgan fingerprint density at radius 1 is 1.36 bits per heavy atom. The summed E-state index contributed by atoms with van der Waals surface area (Å²) in [6.07, 6.45) is 2.49. The molecule has 1 saturated carbocycles. The van der Waals surface area contributed by atoms with Gasteiger partial charge >= 0.3 is 0 Å². The molecule has 1 aliphatic rings. The molecule has 1 fully saturated rings. The number of rotatable bonds is 7. The first kappa shape index (κ1) is 12.0. The van der Waals surface area contributed by atoms with Crippen LogP contribution in [0.3, 0.4) is 0 Å². The van der Waals surface area contributed by atoms with Gasteiger partial charge in [-0.25, -0.2) is 0 Å². The summed E-state index contributed by atoms with van der Waals surface area (Å²) in [6.45, 7) is 11.9. The second-order valence-electron chi connectivity index (χ2n) is 5.49. The zero-order valence-electron chi connectivity index (χ0n) is 10.1. The Morgan fingerprint density at radius 2 is 2.00 bits per heavy atom. The SMILES string of the molecule is CC(C)CCOCCNC1CC1(C)C. The van der Waals surface area contributed by atoms with E-state index in [4.69, 9.17) is 4.74 Å². The summed E-state index contributed by atoms with van der Waals surface area (Å²) in [5.41, 5.74) is 0.540. The smallest absolute Gasteiger partial charge is 0.0591 e. The molecule has 14 heavy (non-hydrogen) atoms. The topological polar surface area (TPSA) is 21.3 Å². The molecule has 84 valence electrons. The molecule has 0 bridgehead atoms. The molecule has 1 rings (SSSR count). The second kappa shape index (κ2) is 5.13. The molecule has 0 aromatic rings. The molecule has 0 amide bonds. The molecule has 1 unspecified atom stereocenters. The molecular weight excluding hydrogens is 174 g/mol. The molecule has 0 saturated heterocycles. The monoisotopic (exact) mass is 199 g/mol. The highest BCUT2D eigenvalue weighted by molar-refractivity contribution is 5.01. The van der Waals surface area contributed by atoms with Crippen molar-refractivity contribution in [2.75, 3.05) is 19.8 Å². The molecule has 0 aromatic heterocycles. The van der Waals surface area contributed by atoms with Gasteiger partial charge in [-0.3, -0.25) is 0 Å². The van der Waals surface area contributed by atoms with Gasteiger partial charge in [-0.15, -0.1) is 0 Å². The average molecular weight is 199 g/mol. The van der Waals surface area contributed by atoms with Crippen molar-refractivity contribution in [3.63, 3.8) is 0 Å². The van der Waals surface area contributed by atoms with Crippen molar-refractivity contribution < 1.29 is 4.74 Å². The fourth-order valence-corrected chi connectivity index (χ4v) is 1.54. The summed E-state index contributed by atoms with van der Waals surface area (Å²) in [5, 5.41) is 3.51. The number of hydrogen-bond donors (Lipinski definition) is 1. The highest BCUT2D eigenvalue weighted by atomic mass is 16.5. The zero-order valence-corrected chi connectivity index (χ0v) is 10.1. The van der Waals surface area contributed by atoms with Gasteiger partial charge in [0.1, 0.15) is 0 Å². The van der Waals surface area contributed by atoms with Gasteiger partial charge in [0, 0.05) is 19.2 Å². The van der Waals surface area contributed by atoms with Gasteiger partial charge in [-0.05, 0) is 24.2 Å². The van der Waals surface area contributed by atoms with Gasteiger partial charge in [0.15, 0.2) is 0 Å². The van der Waals surface area contributed by atoms with Crippen LogP contribution < -0.4 is 5.32 Å². The summed E-state index contributed by atoms with van der Waals surface area (Å²) in [6, 6.07) is 0.733. The molecule has 0 radical (unpaired) electrons. The van der Waals surface area contributed by atoms with Crippen molar-refractivity contribution in [2.24, 2.45) is 11.3 Å². The minimum atomic E-state index is 0.540. The fraction of sp³-hybridized carbons (Fsp3) is 1.00. The van der Waals surface area contributed by atoms with Crippen molar-refractivity contribution in [3.05, 3.63) is 0 Å². The Balaban J connectivity index is 1.82. The highest BCUT2D eigenvalue weighted by Crippen LogP contribution is 2.44. The van der Waals surface area contributed by atoms with E-state index in [2.05, 4.69) is 33.0 Å². The van der Waals surface area contributed by atoms with Gasteiger partial charge < -0.3 is 10.1 Å². The van der Waals surface area contributed by atoms with E-state index in [1.54, 1.807) is 0 Å². The van der Waals surface area contributed by atoms with Gasteiger partial charge in [-0.1, -0.05) is 27.7 Å². The Morgan fingerprint density at radius 3 is 2.50 bits per heavy atom. The quantitative estimate of drug-likeness (QED) is 0.636. The maximum atomic E-state index is 5.53. The fourth-order valence-electron chi connectivity index (χ4n) is 1.54. The third-order valence-electron chi connectivity index (χ3n) is 2.99. The lowest BCUT2D eigenvalue weighted by atomic mass is 10.1. The van der Waals surface area contributed by atoms with E-state index in [1.165, 1.54) is 12.8 Å². The van der Waals surface area contributed by atoms with Crippen molar-refractivity contribution in [2.45, 2.75) is 46.6 Å².